The Kier molecular flexibility index (Phi) is 4.90. The molecule has 10 heteroatoms. The van der Waals surface area contributed by atoms with E-state index in [0.717, 1.165) is 6.42 Å². The van der Waals surface area contributed by atoms with Crippen molar-refractivity contribution in [3.63, 3.8) is 0 Å². The third-order valence-corrected chi connectivity index (χ3v) is 6.49. The molecule has 0 radical (unpaired) electrons. The largest absolute Gasteiger partial charge is 0.398 e. The van der Waals surface area contributed by atoms with Gasteiger partial charge in [-0.05, 0) is 52.9 Å². The number of aromatic nitrogens is 3. The number of fused-ring (bicyclic) bond motifs is 2. The molecule has 0 spiro atoms. The first-order chi connectivity index (χ1) is 15.0. The lowest BCUT2D eigenvalue weighted by atomic mass is 10.1. The summed E-state index contributed by atoms with van der Waals surface area (Å²) in [5.74, 6) is 0.468. The molecule has 0 bridgehead atoms. The van der Waals surface area contributed by atoms with Gasteiger partial charge in [0, 0.05) is 35.1 Å². The summed E-state index contributed by atoms with van der Waals surface area (Å²) in [7, 11) is 0. The second-order valence-corrected chi connectivity index (χ2v) is 8.80. The van der Waals surface area contributed by atoms with Crippen molar-refractivity contribution in [3.8, 4) is 0 Å². The topological polar surface area (TPSA) is 126 Å². The first kappa shape index (κ1) is 20.0. The van der Waals surface area contributed by atoms with E-state index in [9.17, 15) is 14.7 Å². The Morgan fingerprint density at radius 1 is 1.29 bits per heavy atom. The summed E-state index contributed by atoms with van der Waals surface area (Å²) in [5.41, 5.74) is 7.69. The van der Waals surface area contributed by atoms with E-state index < -0.39 is 6.04 Å². The van der Waals surface area contributed by atoms with Gasteiger partial charge in [0.25, 0.3) is 0 Å². The molecule has 1 aliphatic heterocycles. The lowest BCUT2D eigenvalue weighted by Gasteiger charge is -2.27. The second kappa shape index (κ2) is 7.61. The summed E-state index contributed by atoms with van der Waals surface area (Å²) >= 11 is 3.30. The predicted molar refractivity (Wildman–Crippen MR) is 118 cm³/mol. The molecule has 3 aromatic heterocycles. The van der Waals surface area contributed by atoms with Gasteiger partial charge < -0.3 is 25.6 Å². The minimum Gasteiger partial charge on any atom is -0.398 e. The number of carbonyl (C=O) groups excluding carboxylic acids is 2. The van der Waals surface area contributed by atoms with Crippen LogP contribution < -0.4 is 11.1 Å². The molecule has 0 aromatic carbocycles. The molecule has 5 rings (SSSR count). The number of nitrogens with zero attached hydrogens (tertiary/aromatic N) is 4. The molecule has 4 N–H and O–H groups in total. The van der Waals surface area contributed by atoms with E-state index in [-0.39, 0.29) is 31.0 Å². The van der Waals surface area contributed by atoms with Crippen molar-refractivity contribution in [3.05, 3.63) is 46.8 Å². The molecule has 3 aromatic rings. The van der Waals surface area contributed by atoms with Crippen molar-refractivity contribution in [2.75, 3.05) is 11.1 Å². The third kappa shape index (κ3) is 3.55. The van der Waals surface area contributed by atoms with Crippen LogP contribution in [0.2, 0.25) is 0 Å². The number of nitrogen functional groups attached to an aromatic ring is 1. The Morgan fingerprint density at radius 2 is 2.13 bits per heavy atom. The van der Waals surface area contributed by atoms with Crippen molar-refractivity contribution < 1.29 is 14.7 Å². The van der Waals surface area contributed by atoms with E-state index in [2.05, 4.69) is 31.2 Å². The van der Waals surface area contributed by atoms with Gasteiger partial charge in [0.15, 0.2) is 0 Å². The molecule has 1 unspecified atom stereocenters. The Bertz CT molecular complexity index is 1200. The fraction of sp³-hybridized carbons (Fsp3) is 0.333. The standard InChI is InChI=1S/C21H21BrN6O3/c22-16-2-1-3-17(25-16)26-21(31)15-7-11-6-14(11)28(15)18(30)9-27-5-4-13-19(23)12(10-29)8-24-20(13)27/h1-5,8,11,14-15,29H,6-7,9-10H2,(H2,23,24)(H,25,26,31)/t11-,14?,15+/m1/s1. The summed E-state index contributed by atoms with van der Waals surface area (Å²) in [6, 6.07) is 6.67. The van der Waals surface area contributed by atoms with Crippen LogP contribution in [0.1, 0.15) is 18.4 Å². The number of pyridine rings is 2. The van der Waals surface area contributed by atoms with Crippen LogP contribution in [0, 0.1) is 5.92 Å². The molecular weight excluding hydrogens is 464 g/mol. The Hall–Kier alpha value is -2.98. The summed E-state index contributed by atoms with van der Waals surface area (Å²) in [4.78, 5) is 36.5. The molecule has 4 heterocycles. The van der Waals surface area contributed by atoms with Gasteiger partial charge in [0.1, 0.15) is 28.7 Å². The number of amides is 2. The first-order valence-electron chi connectivity index (χ1n) is 10.0. The molecule has 1 aliphatic carbocycles. The number of nitrogens with two attached hydrogens (primary N) is 1. The zero-order chi connectivity index (χ0) is 21.7. The number of anilines is 2. The molecule has 2 fully saturated rings. The van der Waals surface area contributed by atoms with Crippen LogP contribution >= 0.6 is 15.9 Å². The number of hydrogen-bond acceptors (Lipinski definition) is 6. The predicted octanol–water partition coefficient (Wildman–Crippen LogP) is 1.90. The van der Waals surface area contributed by atoms with E-state index in [1.165, 1.54) is 6.20 Å². The van der Waals surface area contributed by atoms with Crippen LogP contribution in [-0.4, -0.2) is 48.4 Å². The SMILES string of the molecule is Nc1c(CO)cnc2c1ccn2CC(=O)N1C2C[C@@H]2C[C@H]1C(=O)Nc1cccc(Br)n1. The van der Waals surface area contributed by atoms with Crippen LogP contribution in [-0.2, 0) is 22.7 Å². The number of aliphatic hydroxyl groups excluding tert-OH is 1. The average molecular weight is 485 g/mol. The van der Waals surface area contributed by atoms with Crippen molar-refractivity contribution in [2.24, 2.45) is 5.92 Å². The molecular formula is C21H21BrN6O3. The zero-order valence-electron chi connectivity index (χ0n) is 16.5. The molecule has 2 aliphatic rings. The van der Waals surface area contributed by atoms with Gasteiger partial charge in [0.2, 0.25) is 11.8 Å². The van der Waals surface area contributed by atoms with Crippen LogP contribution in [0.15, 0.2) is 41.3 Å². The van der Waals surface area contributed by atoms with Gasteiger partial charge >= 0.3 is 0 Å². The molecule has 1 saturated carbocycles. The quantitative estimate of drug-likeness (QED) is 0.474. The number of carbonyl (C=O) groups is 2. The molecule has 9 nitrogen and oxygen atoms in total. The zero-order valence-corrected chi connectivity index (χ0v) is 18.1. The van der Waals surface area contributed by atoms with Gasteiger partial charge in [-0.2, -0.15) is 0 Å². The van der Waals surface area contributed by atoms with Crippen molar-refractivity contribution >= 4 is 50.3 Å². The fourth-order valence-electron chi connectivity index (χ4n) is 4.42. The van der Waals surface area contributed by atoms with Crippen LogP contribution in [0.25, 0.3) is 11.0 Å². The van der Waals surface area contributed by atoms with Crippen molar-refractivity contribution in [1.82, 2.24) is 19.4 Å². The molecule has 160 valence electrons. The smallest absolute Gasteiger partial charge is 0.248 e. The lowest BCUT2D eigenvalue weighted by molar-refractivity contribution is -0.138. The highest BCUT2D eigenvalue weighted by Crippen LogP contribution is 2.48. The van der Waals surface area contributed by atoms with E-state index in [0.29, 0.717) is 45.0 Å². The average Bonchev–Trinajstić information content (AvgIpc) is 3.21. The summed E-state index contributed by atoms with van der Waals surface area (Å²) in [5, 5.41) is 12.9. The van der Waals surface area contributed by atoms with E-state index in [1.807, 2.05) is 0 Å². The lowest BCUT2D eigenvalue weighted by Crippen LogP contribution is -2.46. The summed E-state index contributed by atoms with van der Waals surface area (Å²) in [6.45, 7) is -0.129. The maximum absolute atomic E-state index is 13.2. The van der Waals surface area contributed by atoms with Crippen molar-refractivity contribution in [1.29, 1.82) is 0 Å². The number of halogens is 1. The van der Waals surface area contributed by atoms with E-state index in [4.69, 9.17) is 5.73 Å². The third-order valence-electron chi connectivity index (χ3n) is 6.05. The number of hydrogen-bond donors (Lipinski definition) is 3. The molecule has 31 heavy (non-hydrogen) atoms. The van der Waals surface area contributed by atoms with Crippen LogP contribution in [0.3, 0.4) is 0 Å². The van der Waals surface area contributed by atoms with Gasteiger partial charge in [-0.15, -0.1) is 0 Å². The van der Waals surface area contributed by atoms with Gasteiger partial charge in [-0.3, -0.25) is 9.59 Å². The Labute approximate surface area is 186 Å². The Morgan fingerprint density at radius 3 is 2.90 bits per heavy atom. The number of aliphatic hydroxyl groups is 1. The number of piperidine rings is 1. The van der Waals surface area contributed by atoms with Crippen LogP contribution in [0.5, 0.6) is 0 Å². The van der Waals surface area contributed by atoms with E-state index in [1.54, 1.807) is 39.9 Å². The summed E-state index contributed by atoms with van der Waals surface area (Å²) in [6.07, 6.45) is 4.87. The van der Waals surface area contributed by atoms with Gasteiger partial charge in [0.05, 0.1) is 6.61 Å². The molecule has 3 atom stereocenters. The van der Waals surface area contributed by atoms with Gasteiger partial charge in [-0.25, -0.2) is 9.97 Å². The maximum Gasteiger partial charge on any atom is 0.248 e. The fourth-order valence-corrected chi connectivity index (χ4v) is 4.76. The summed E-state index contributed by atoms with van der Waals surface area (Å²) < 4.78 is 2.36. The van der Waals surface area contributed by atoms with Crippen LogP contribution in [0.4, 0.5) is 11.5 Å². The van der Waals surface area contributed by atoms with Crippen molar-refractivity contribution in [2.45, 2.75) is 38.1 Å². The Balaban J connectivity index is 1.35. The highest BCUT2D eigenvalue weighted by atomic mass is 79.9. The molecule has 2 amide bonds. The first-order valence-corrected chi connectivity index (χ1v) is 10.8. The minimum absolute atomic E-state index is 0.0660. The number of rotatable bonds is 5. The molecule has 1 saturated heterocycles. The van der Waals surface area contributed by atoms with E-state index >= 15 is 0 Å². The monoisotopic (exact) mass is 484 g/mol. The normalized spacial score (nSPS) is 21.9. The number of likely N-dealkylation sites (tertiary alicyclic amines) is 1. The minimum atomic E-state index is -0.516. The second-order valence-electron chi connectivity index (χ2n) is 7.99. The maximum atomic E-state index is 13.2. The van der Waals surface area contributed by atoms with Gasteiger partial charge in [-0.1, -0.05) is 6.07 Å². The highest BCUT2D eigenvalue weighted by molar-refractivity contribution is 9.10. The number of nitrogens with one attached hydrogen (secondary N) is 1. The highest BCUT2D eigenvalue weighted by Gasteiger charge is 2.56.